The number of hydrogen-bond donors (Lipinski definition) is 2. The Balaban J connectivity index is 3.50. The van der Waals surface area contributed by atoms with E-state index in [1.165, 1.54) is 0 Å². The molecule has 12 nitrogen and oxygen atoms in total. The SMILES string of the molecule is NOOOOC(=O)C(=O)OOOON. The molecule has 4 N–H and O–H groups in total. The van der Waals surface area contributed by atoms with Crippen LogP contribution >= 0.6 is 0 Å². The Morgan fingerprint density at radius 2 is 1.07 bits per heavy atom. The Labute approximate surface area is 74.5 Å². The van der Waals surface area contributed by atoms with E-state index in [2.05, 4.69) is 51.7 Å². The van der Waals surface area contributed by atoms with Gasteiger partial charge in [0, 0.05) is 10.1 Å². The van der Waals surface area contributed by atoms with E-state index in [0.717, 1.165) is 0 Å². The summed E-state index contributed by atoms with van der Waals surface area (Å²) in [5.41, 5.74) is 0. The predicted octanol–water partition coefficient (Wildman–Crippen LogP) is -2.59. The first-order valence-corrected chi connectivity index (χ1v) is 2.54. The van der Waals surface area contributed by atoms with Crippen LogP contribution in [0.5, 0.6) is 0 Å². The van der Waals surface area contributed by atoms with Gasteiger partial charge in [0.1, 0.15) is 0 Å². The molecule has 0 aliphatic carbocycles. The van der Waals surface area contributed by atoms with Crippen molar-refractivity contribution in [1.82, 2.24) is 0 Å². The molecule has 0 rings (SSSR count). The molecule has 0 aromatic heterocycles. The van der Waals surface area contributed by atoms with E-state index >= 15 is 0 Å². The first-order chi connectivity index (χ1) is 6.72. The molecule has 0 amide bonds. The first kappa shape index (κ1) is 12.6. The largest absolute Gasteiger partial charge is 0.456 e. The van der Waals surface area contributed by atoms with Gasteiger partial charge in [-0.2, -0.15) is 11.8 Å². The predicted molar refractivity (Wildman–Crippen MR) is 27.1 cm³/mol. The van der Waals surface area contributed by atoms with Gasteiger partial charge in [-0.25, -0.2) is 9.59 Å². The number of nitrogens with two attached hydrogens (primary N) is 2. The summed E-state index contributed by atoms with van der Waals surface area (Å²) in [5.74, 6) is 5.19. The summed E-state index contributed by atoms with van der Waals surface area (Å²) in [7, 11) is 0. The Morgan fingerprint density at radius 1 is 0.714 bits per heavy atom. The van der Waals surface area contributed by atoms with Gasteiger partial charge >= 0.3 is 11.9 Å². The van der Waals surface area contributed by atoms with Crippen molar-refractivity contribution >= 4 is 11.9 Å². The zero-order valence-corrected chi connectivity index (χ0v) is 6.24. The highest BCUT2D eigenvalue weighted by atomic mass is 17.7. The second-order valence-electron chi connectivity index (χ2n) is 1.21. The van der Waals surface area contributed by atoms with E-state index in [4.69, 9.17) is 0 Å². The van der Waals surface area contributed by atoms with Crippen LogP contribution in [0, 0.1) is 0 Å². The van der Waals surface area contributed by atoms with Gasteiger partial charge in [-0.3, -0.25) is 9.78 Å². The van der Waals surface area contributed by atoms with Crippen molar-refractivity contribution in [3.63, 3.8) is 0 Å². The fraction of sp³-hybridized carbons (Fsp3) is 0. The average Bonchev–Trinajstić information content (AvgIpc) is 2.18. The maximum Gasteiger partial charge on any atom is 0.456 e. The minimum absolute atomic E-state index is 1.66. The molecular weight excluding hydrogens is 212 g/mol. The molecule has 0 atom stereocenters. The Hall–Kier alpha value is -1.38. The third kappa shape index (κ3) is 6.17. The normalized spacial score (nSPS) is 9.57. The van der Waals surface area contributed by atoms with Crippen LogP contribution in [0.2, 0.25) is 0 Å². The van der Waals surface area contributed by atoms with E-state index in [9.17, 15) is 9.59 Å². The molecule has 0 radical (unpaired) electrons. The van der Waals surface area contributed by atoms with Gasteiger partial charge in [-0.05, 0) is 10.1 Å². The highest BCUT2D eigenvalue weighted by molar-refractivity contribution is 6.29. The van der Waals surface area contributed by atoms with Gasteiger partial charge in [0.05, 0.1) is 0 Å². The minimum Gasteiger partial charge on any atom is -0.253 e. The quantitative estimate of drug-likeness (QED) is 0.206. The van der Waals surface area contributed by atoms with Crippen LogP contribution in [-0.4, -0.2) is 11.9 Å². The average molecular weight is 216 g/mol. The lowest BCUT2D eigenvalue weighted by molar-refractivity contribution is -0.625. The smallest absolute Gasteiger partial charge is 0.253 e. The van der Waals surface area contributed by atoms with E-state index in [-0.39, 0.29) is 0 Å². The maximum atomic E-state index is 10.4. The van der Waals surface area contributed by atoms with Crippen LogP contribution in [-0.2, 0) is 49.5 Å². The summed E-state index contributed by atoms with van der Waals surface area (Å²) < 4.78 is 0. The molecule has 14 heavy (non-hydrogen) atoms. The van der Waals surface area contributed by atoms with Crippen molar-refractivity contribution in [1.29, 1.82) is 0 Å². The van der Waals surface area contributed by atoms with E-state index in [1.54, 1.807) is 0 Å². The number of rotatable bonds is 6. The molecular formula is C2H4N2O10. The molecule has 0 heterocycles. The van der Waals surface area contributed by atoms with E-state index in [1.807, 2.05) is 0 Å². The van der Waals surface area contributed by atoms with Gasteiger partial charge in [-0.15, -0.1) is 9.98 Å². The third-order valence-electron chi connectivity index (χ3n) is 0.520. The van der Waals surface area contributed by atoms with Crippen molar-refractivity contribution in [2.45, 2.75) is 0 Å². The van der Waals surface area contributed by atoms with Crippen LogP contribution < -0.4 is 11.8 Å². The summed E-state index contributed by atoms with van der Waals surface area (Å²) in [6.07, 6.45) is 0. The topological polar surface area (TPSA) is 160 Å². The van der Waals surface area contributed by atoms with Crippen LogP contribution in [0.3, 0.4) is 0 Å². The summed E-state index contributed by atoms with van der Waals surface area (Å²) in [5, 5.41) is 13.6. The van der Waals surface area contributed by atoms with Gasteiger partial charge in [-0.1, -0.05) is 0 Å². The highest BCUT2D eigenvalue weighted by Crippen LogP contribution is 1.88. The molecule has 0 aromatic carbocycles. The number of hydrogen-bond acceptors (Lipinski definition) is 12. The molecule has 82 valence electrons. The fourth-order valence-corrected chi connectivity index (χ4v) is 0.190. The van der Waals surface area contributed by atoms with Crippen molar-refractivity contribution < 1.29 is 49.5 Å². The lowest BCUT2D eigenvalue weighted by Crippen LogP contribution is -2.21. The van der Waals surface area contributed by atoms with Gasteiger partial charge in [0.15, 0.2) is 0 Å². The van der Waals surface area contributed by atoms with Gasteiger partial charge in [0.25, 0.3) is 0 Å². The van der Waals surface area contributed by atoms with E-state index in [0.29, 0.717) is 0 Å². The zero-order chi connectivity index (χ0) is 10.8. The highest BCUT2D eigenvalue weighted by Gasteiger charge is 2.21. The molecule has 0 spiro atoms. The van der Waals surface area contributed by atoms with Crippen LogP contribution in [0.4, 0.5) is 0 Å². The second kappa shape index (κ2) is 8.23. The van der Waals surface area contributed by atoms with Gasteiger partial charge in [0.2, 0.25) is 0 Å². The number of carbonyl (C=O) groups excluding carboxylic acids is 2. The maximum absolute atomic E-state index is 10.4. The fourth-order valence-electron chi connectivity index (χ4n) is 0.190. The van der Waals surface area contributed by atoms with Crippen molar-refractivity contribution in [3.05, 3.63) is 0 Å². The number of carbonyl (C=O) groups is 2. The van der Waals surface area contributed by atoms with Crippen LogP contribution in [0.1, 0.15) is 0 Å². The molecule has 0 bridgehead atoms. The zero-order valence-electron chi connectivity index (χ0n) is 6.24. The van der Waals surface area contributed by atoms with Gasteiger partial charge < -0.3 is 0 Å². The molecule has 0 aliphatic rings. The van der Waals surface area contributed by atoms with Crippen LogP contribution in [0.15, 0.2) is 0 Å². The molecule has 0 aliphatic heterocycles. The molecule has 0 saturated heterocycles. The molecule has 0 aromatic rings. The van der Waals surface area contributed by atoms with E-state index < -0.39 is 11.9 Å². The third-order valence-corrected chi connectivity index (χ3v) is 0.520. The summed E-state index contributed by atoms with van der Waals surface area (Å²) in [6, 6.07) is 0. The first-order valence-electron chi connectivity index (χ1n) is 2.54. The van der Waals surface area contributed by atoms with Crippen molar-refractivity contribution in [2.24, 2.45) is 11.8 Å². The second-order valence-corrected chi connectivity index (χ2v) is 1.21. The standard InChI is InChI=1S/C2H4N2O10/c3-9-13-11-7-1(5)2(6)8-12-14-10-4/h3-4H2. The Morgan fingerprint density at radius 3 is 1.36 bits per heavy atom. The lowest BCUT2D eigenvalue weighted by Gasteiger charge is -1.98. The summed E-state index contributed by atoms with van der Waals surface area (Å²) in [6.45, 7) is 0. The minimum atomic E-state index is -1.66. The Bertz CT molecular complexity index is 161. The van der Waals surface area contributed by atoms with Crippen molar-refractivity contribution in [2.75, 3.05) is 0 Å². The van der Waals surface area contributed by atoms with Crippen LogP contribution in [0.25, 0.3) is 0 Å². The summed E-state index contributed by atoms with van der Waals surface area (Å²) >= 11 is 0. The Kier molecular flexibility index (Phi) is 7.42. The molecule has 0 saturated carbocycles. The molecule has 12 heteroatoms. The summed E-state index contributed by atoms with van der Waals surface area (Å²) in [4.78, 5) is 34.5. The monoisotopic (exact) mass is 216 g/mol. The lowest BCUT2D eigenvalue weighted by atomic mass is 10.7. The molecule has 0 unspecified atom stereocenters. The van der Waals surface area contributed by atoms with Crippen molar-refractivity contribution in [3.8, 4) is 0 Å². The molecule has 0 fully saturated rings.